The van der Waals surface area contributed by atoms with E-state index in [9.17, 15) is 0 Å². The van der Waals surface area contributed by atoms with Crippen LogP contribution in [0.2, 0.25) is 0 Å². The van der Waals surface area contributed by atoms with Gasteiger partial charge in [-0.05, 0) is 27.1 Å². The number of hydrogen-bond donors (Lipinski definition) is 0. The lowest BCUT2D eigenvalue weighted by atomic mass is 10.1. The Morgan fingerprint density at radius 3 is 2.53 bits per heavy atom. The summed E-state index contributed by atoms with van der Waals surface area (Å²) in [7, 11) is 4.02. The van der Waals surface area contributed by atoms with Gasteiger partial charge in [-0.1, -0.05) is 30.3 Å². The van der Waals surface area contributed by atoms with Crippen molar-refractivity contribution in [3.8, 4) is 17.3 Å². The molecule has 0 spiro atoms. The highest BCUT2D eigenvalue weighted by atomic mass is 16.5. The lowest BCUT2D eigenvalue weighted by molar-refractivity contribution is 0.245. The maximum atomic E-state index is 5.60. The lowest BCUT2D eigenvalue weighted by Crippen LogP contribution is -2.20. The van der Waals surface area contributed by atoms with E-state index in [0.717, 1.165) is 23.5 Å². The third-order valence-corrected chi connectivity index (χ3v) is 2.67. The predicted molar refractivity (Wildman–Crippen MR) is 76.3 cm³/mol. The summed E-state index contributed by atoms with van der Waals surface area (Å²) in [6, 6.07) is 12.5. The summed E-state index contributed by atoms with van der Waals surface area (Å²) < 4.78 is 5.60. The van der Waals surface area contributed by atoms with Gasteiger partial charge in [-0.15, -0.1) is 0 Å². The van der Waals surface area contributed by atoms with Crippen LogP contribution in [0.1, 0.15) is 5.69 Å². The van der Waals surface area contributed by atoms with Gasteiger partial charge in [-0.2, -0.15) is 4.98 Å². The van der Waals surface area contributed by atoms with E-state index in [1.165, 1.54) is 0 Å². The third kappa shape index (κ3) is 4.03. The molecule has 0 unspecified atom stereocenters. The van der Waals surface area contributed by atoms with E-state index in [1.54, 1.807) is 0 Å². The molecule has 0 saturated heterocycles. The molecule has 0 N–H and O–H groups in total. The Labute approximate surface area is 114 Å². The highest BCUT2D eigenvalue weighted by Gasteiger charge is 2.05. The van der Waals surface area contributed by atoms with Crippen molar-refractivity contribution in [1.29, 1.82) is 0 Å². The predicted octanol–water partition coefficient (Wildman–Crippen LogP) is 2.39. The molecule has 0 aliphatic rings. The van der Waals surface area contributed by atoms with Crippen molar-refractivity contribution in [2.75, 3.05) is 27.2 Å². The minimum absolute atomic E-state index is 0.445. The average molecular weight is 257 g/mol. The Morgan fingerprint density at radius 1 is 1.11 bits per heavy atom. The molecule has 0 atom stereocenters. The van der Waals surface area contributed by atoms with Crippen LogP contribution in [0.25, 0.3) is 11.3 Å². The zero-order chi connectivity index (χ0) is 13.7. The van der Waals surface area contributed by atoms with E-state index in [1.807, 2.05) is 57.4 Å². The van der Waals surface area contributed by atoms with Gasteiger partial charge in [0, 0.05) is 17.8 Å². The second kappa shape index (κ2) is 6.29. The van der Waals surface area contributed by atoms with Crippen LogP contribution in [0.5, 0.6) is 6.01 Å². The second-order valence-corrected chi connectivity index (χ2v) is 4.69. The first-order chi connectivity index (χ1) is 9.15. The quantitative estimate of drug-likeness (QED) is 0.824. The van der Waals surface area contributed by atoms with Crippen molar-refractivity contribution in [1.82, 2.24) is 14.9 Å². The number of nitrogens with zero attached hydrogens (tertiary/aromatic N) is 3. The van der Waals surface area contributed by atoms with Crippen molar-refractivity contribution < 1.29 is 4.74 Å². The normalized spacial score (nSPS) is 10.7. The Bertz CT molecular complexity index is 526. The number of likely N-dealkylation sites (N-methyl/N-ethyl adjacent to an activating group) is 1. The van der Waals surface area contributed by atoms with Crippen LogP contribution >= 0.6 is 0 Å². The van der Waals surface area contributed by atoms with Gasteiger partial charge in [0.05, 0.1) is 5.69 Å². The van der Waals surface area contributed by atoms with Crippen LogP contribution in [0.4, 0.5) is 0 Å². The smallest absolute Gasteiger partial charge is 0.317 e. The van der Waals surface area contributed by atoms with Gasteiger partial charge in [0.1, 0.15) is 6.61 Å². The van der Waals surface area contributed by atoms with Gasteiger partial charge in [-0.25, -0.2) is 4.98 Å². The number of hydrogen-bond acceptors (Lipinski definition) is 4. The molecule has 2 aromatic rings. The Kier molecular flexibility index (Phi) is 4.47. The second-order valence-electron chi connectivity index (χ2n) is 4.69. The summed E-state index contributed by atoms with van der Waals surface area (Å²) in [5.41, 5.74) is 2.88. The van der Waals surface area contributed by atoms with Crippen LogP contribution < -0.4 is 4.74 Å². The molecule has 4 heteroatoms. The molecule has 4 nitrogen and oxygen atoms in total. The topological polar surface area (TPSA) is 38.2 Å². The van der Waals surface area contributed by atoms with E-state index < -0.39 is 0 Å². The fourth-order valence-corrected chi connectivity index (χ4v) is 1.68. The molecule has 0 fully saturated rings. The molecule has 1 heterocycles. The molecule has 100 valence electrons. The maximum absolute atomic E-state index is 5.60. The van der Waals surface area contributed by atoms with Crippen molar-refractivity contribution in [3.63, 3.8) is 0 Å². The summed E-state index contributed by atoms with van der Waals surface area (Å²) in [6.45, 7) is 3.38. The molecular formula is C15H19N3O. The van der Waals surface area contributed by atoms with Crippen LogP contribution in [0, 0.1) is 6.92 Å². The van der Waals surface area contributed by atoms with E-state index >= 15 is 0 Å². The fourth-order valence-electron chi connectivity index (χ4n) is 1.68. The molecule has 19 heavy (non-hydrogen) atoms. The zero-order valence-electron chi connectivity index (χ0n) is 11.6. The van der Waals surface area contributed by atoms with Gasteiger partial charge in [0.15, 0.2) is 0 Å². The Hall–Kier alpha value is -1.94. The number of aryl methyl sites for hydroxylation is 1. The van der Waals surface area contributed by atoms with Gasteiger partial charge in [-0.3, -0.25) is 0 Å². The van der Waals surface area contributed by atoms with Crippen LogP contribution in [0.15, 0.2) is 36.4 Å². The number of benzene rings is 1. The Morgan fingerprint density at radius 2 is 1.84 bits per heavy atom. The molecule has 0 radical (unpaired) electrons. The highest BCUT2D eigenvalue weighted by Crippen LogP contribution is 2.19. The summed E-state index contributed by atoms with van der Waals surface area (Å²) in [4.78, 5) is 10.8. The van der Waals surface area contributed by atoms with E-state index in [4.69, 9.17) is 4.74 Å². The summed E-state index contributed by atoms with van der Waals surface area (Å²) in [6.07, 6.45) is 0. The van der Waals surface area contributed by atoms with Crippen LogP contribution in [0.3, 0.4) is 0 Å². The fraction of sp³-hybridized carbons (Fsp3) is 0.333. The molecule has 0 aliphatic heterocycles. The third-order valence-electron chi connectivity index (χ3n) is 2.67. The SMILES string of the molecule is Cc1cc(-c2ccccc2)nc(OCCN(C)C)n1. The molecule has 1 aromatic heterocycles. The first-order valence-corrected chi connectivity index (χ1v) is 6.34. The van der Waals surface area contributed by atoms with Crippen LogP contribution in [-0.2, 0) is 0 Å². The van der Waals surface area contributed by atoms with Crippen molar-refractivity contribution in [2.45, 2.75) is 6.92 Å². The zero-order valence-corrected chi connectivity index (χ0v) is 11.6. The Balaban J connectivity index is 2.16. The average Bonchev–Trinajstić information content (AvgIpc) is 2.39. The molecular weight excluding hydrogens is 238 g/mol. The van der Waals surface area contributed by atoms with Gasteiger partial charge < -0.3 is 9.64 Å². The van der Waals surface area contributed by atoms with Gasteiger partial charge in [0.2, 0.25) is 0 Å². The molecule has 0 saturated carbocycles. The lowest BCUT2D eigenvalue weighted by Gasteiger charge is -2.11. The summed E-state index contributed by atoms with van der Waals surface area (Å²) >= 11 is 0. The molecule has 2 rings (SSSR count). The van der Waals surface area contributed by atoms with Gasteiger partial charge >= 0.3 is 6.01 Å². The van der Waals surface area contributed by atoms with Crippen molar-refractivity contribution in [2.24, 2.45) is 0 Å². The molecule has 0 bridgehead atoms. The standard InChI is InChI=1S/C15H19N3O/c1-12-11-14(13-7-5-4-6-8-13)17-15(16-12)19-10-9-18(2)3/h4-8,11H,9-10H2,1-3H3. The van der Waals surface area contributed by atoms with Crippen molar-refractivity contribution in [3.05, 3.63) is 42.1 Å². The number of ether oxygens (including phenoxy) is 1. The minimum atomic E-state index is 0.445. The van der Waals surface area contributed by atoms with Crippen LogP contribution in [-0.4, -0.2) is 42.1 Å². The highest BCUT2D eigenvalue weighted by molar-refractivity contribution is 5.59. The first-order valence-electron chi connectivity index (χ1n) is 6.34. The maximum Gasteiger partial charge on any atom is 0.317 e. The molecule has 0 aliphatic carbocycles. The van der Waals surface area contributed by atoms with E-state index in [2.05, 4.69) is 14.9 Å². The van der Waals surface area contributed by atoms with E-state index in [0.29, 0.717) is 12.6 Å². The largest absolute Gasteiger partial charge is 0.462 e. The summed E-state index contributed by atoms with van der Waals surface area (Å²) in [5, 5.41) is 0. The monoisotopic (exact) mass is 257 g/mol. The molecule has 1 aromatic carbocycles. The summed E-state index contributed by atoms with van der Waals surface area (Å²) in [5.74, 6) is 0. The minimum Gasteiger partial charge on any atom is -0.462 e. The first kappa shape index (κ1) is 13.5. The number of rotatable bonds is 5. The number of aromatic nitrogens is 2. The van der Waals surface area contributed by atoms with E-state index in [-0.39, 0.29) is 0 Å². The van der Waals surface area contributed by atoms with Gasteiger partial charge in [0.25, 0.3) is 0 Å². The van der Waals surface area contributed by atoms with Crippen molar-refractivity contribution >= 4 is 0 Å². The molecule has 0 amide bonds.